The number of pyridine rings is 2. The molecule has 0 spiro atoms. The highest BCUT2D eigenvalue weighted by Gasteiger charge is 2.07. The highest BCUT2D eigenvalue weighted by Crippen LogP contribution is 2.22. The summed E-state index contributed by atoms with van der Waals surface area (Å²) in [4.78, 5) is 12.0. The van der Waals surface area contributed by atoms with E-state index >= 15 is 0 Å². The quantitative estimate of drug-likeness (QED) is 0.518. The first-order valence-corrected chi connectivity index (χ1v) is 8.91. The van der Waals surface area contributed by atoms with Crippen LogP contribution >= 0.6 is 11.6 Å². The fraction of sp³-hybridized carbons (Fsp3) is 0.143. The van der Waals surface area contributed by atoms with E-state index in [0.717, 1.165) is 40.9 Å². The van der Waals surface area contributed by atoms with E-state index in [1.807, 2.05) is 24.5 Å². The van der Waals surface area contributed by atoms with Gasteiger partial charge in [0.2, 0.25) is 0 Å². The Morgan fingerprint density at radius 1 is 1.04 bits per heavy atom. The molecule has 2 N–H and O–H groups in total. The molecule has 1 aromatic carbocycles. The number of H-pyrrole nitrogens is 1. The van der Waals surface area contributed by atoms with Gasteiger partial charge in [0.15, 0.2) is 0 Å². The minimum atomic E-state index is 0.646. The molecule has 0 saturated heterocycles. The van der Waals surface area contributed by atoms with Crippen LogP contribution in [0.1, 0.15) is 22.3 Å². The van der Waals surface area contributed by atoms with Gasteiger partial charge in [0.05, 0.1) is 5.02 Å². The van der Waals surface area contributed by atoms with Crippen LogP contribution in [0.5, 0.6) is 0 Å². The van der Waals surface area contributed by atoms with Gasteiger partial charge in [-0.3, -0.25) is 0 Å². The van der Waals surface area contributed by atoms with E-state index in [1.54, 1.807) is 6.20 Å². The average Bonchev–Trinajstić information content (AvgIpc) is 3.04. The Labute approximate surface area is 157 Å². The Bertz CT molecular complexity index is 1040. The van der Waals surface area contributed by atoms with Crippen molar-refractivity contribution in [3.8, 4) is 0 Å². The fourth-order valence-electron chi connectivity index (χ4n) is 3.03. The summed E-state index contributed by atoms with van der Waals surface area (Å²) in [5, 5.41) is 5.08. The van der Waals surface area contributed by atoms with E-state index in [0.29, 0.717) is 5.02 Å². The third kappa shape index (κ3) is 3.55. The van der Waals surface area contributed by atoms with E-state index in [1.165, 1.54) is 11.1 Å². The maximum absolute atomic E-state index is 6.07. The maximum atomic E-state index is 6.07. The number of hydrogen-bond acceptors (Lipinski definition) is 3. The van der Waals surface area contributed by atoms with Crippen LogP contribution in [0.4, 0.5) is 5.82 Å². The largest absolute Gasteiger partial charge is 0.366 e. The summed E-state index contributed by atoms with van der Waals surface area (Å²) in [7, 11) is 0. The summed E-state index contributed by atoms with van der Waals surface area (Å²) in [6, 6.07) is 14.4. The topological polar surface area (TPSA) is 53.6 Å². The second-order valence-corrected chi connectivity index (χ2v) is 6.81. The third-order valence-electron chi connectivity index (χ3n) is 4.52. The molecule has 4 rings (SSSR count). The zero-order valence-corrected chi connectivity index (χ0v) is 15.2. The predicted molar refractivity (Wildman–Crippen MR) is 107 cm³/mol. The van der Waals surface area contributed by atoms with Crippen molar-refractivity contribution in [3.05, 3.63) is 88.3 Å². The molecule has 26 heavy (non-hydrogen) atoms. The Morgan fingerprint density at radius 2 is 1.92 bits per heavy atom. The van der Waals surface area contributed by atoms with Crippen molar-refractivity contribution in [2.75, 3.05) is 5.32 Å². The lowest BCUT2D eigenvalue weighted by Gasteiger charge is -2.09. The standard InChI is InChI=1S/C21H19ClN4/c1-14-4-2-3-5-16(14)11-24-20-7-6-15(10-23-20)8-17-12-25-21-19(17)9-18(22)13-26-21/h2-7,9-10,12-13H,8,11H2,1H3,(H,23,24)(H,25,26). The lowest BCUT2D eigenvalue weighted by Crippen LogP contribution is -2.03. The van der Waals surface area contributed by atoms with Crippen molar-refractivity contribution in [2.45, 2.75) is 19.9 Å². The number of aromatic amines is 1. The maximum Gasteiger partial charge on any atom is 0.137 e. The molecule has 3 heterocycles. The SMILES string of the molecule is Cc1ccccc1CNc1ccc(Cc2c[nH]c3ncc(Cl)cc23)cn1. The zero-order valence-electron chi connectivity index (χ0n) is 14.5. The number of halogens is 1. The summed E-state index contributed by atoms with van der Waals surface area (Å²) in [5.41, 5.74) is 5.73. The fourth-order valence-corrected chi connectivity index (χ4v) is 3.18. The number of nitrogens with one attached hydrogen (secondary N) is 2. The average molecular weight is 363 g/mol. The lowest BCUT2D eigenvalue weighted by molar-refractivity contribution is 1.08. The van der Waals surface area contributed by atoms with Gasteiger partial charge in [-0.1, -0.05) is 41.9 Å². The Hall–Kier alpha value is -2.85. The molecule has 4 aromatic rings. The molecular formula is C21H19ClN4. The summed E-state index contributed by atoms with van der Waals surface area (Å²) in [6.45, 7) is 2.89. The van der Waals surface area contributed by atoms with Crippen LogP contribution in [0, 0.1) is 6.92 Å². The number of benzene rings is 1. The van der Waals surface area contributed by atoms with Crippen molar-refractivity contribution < 1.29 is 0 Å². The van der Waals surface area contributed by atoms with Crippen molar-refractivity contribution >= 4 is 28.5 Å². The predicted octanol–water partition coefficient (Wildman–Crippen LogP) is 5.12. The van der Waals surface area contributed by atoms with Crippen molar-refractivity contribution in [1.82, 2.24) is 15.0 Å². The lowest BCUT2D eigenvalue weighted by atomic mass is 10.1. The highest BCUT2D eigenvalue weighted by molar-refractivity contribution is 6.31. The number of rotatable bonds is 5. The number of aryl methyl sites for hydroxylation is 1. The molecular weight excluding hydrogens is 344 g/mol. The number of hydrogen-bond donors (Lipinski definition) is 2. The van der Waals surface area contributed by atoms with E-state index in [-0.39, 0.29) is 0 Å². The van der Waals surface area contributed by atoms with Gasteiger partial charge in [-0.15, -0.1) is 0 Å². The molecule has 4 nitrogen and oxygen atoms in total. The van der Waals surface area contributed by atoms with E-state index in [2.05, 4.69) is 57.5 Å². The zero-order chi connectivity index (χ0) is 17.9. The molecule has 3 aromatic heterocycles. The summed E-state index contributed by atoms with van der Waals surface area (Å²) in [5.74, 6) is 0.876. The monoisotopic (exact) mass is 362 g/mol. The highest BCUT2D eigenvalue weighted by atomic mass is 35.5. The molecule has 0 aliphatic heterocycles. The second-order valence-electron chi connectivity index (χ2n) is 6.37. The molecule has 0 aliphatic carbocycles. The van der Waals surface area contributed by atoms with Gasteiger partial charge >= 0.3 is 0 Å². The second kappa shape index (κ2) is 7.18. The molecule has 0 saturated carbocycles. The number of nitrogens with zero attached hydrogens (tertiary/aromatic N) is 2. The van der Waals surface area contributed by atoms with Crippen LogP contribution in [0.2, 0.25) is 5.02 Å². The number of aromatic nitrogens is 3. The molecule has 0 unspecified atom stereocenters. The first-order valence-electron chi connectivity index (χ1n) is 8.54. The van der Waals surface area contributed by atoms with Crippen molar-refractivity contribution in [2.24, 2.45) is 0 Å². The Kier molecular flexibility index (Phi) is 4.59. The van der Waals surface area contributed by atoms with Gasteiger partial charge < -0.3 is 10.3 Å². The first kappa shape index (κ1) is 16.6. The molecule has 0 amide bonds. The van der Waals surface area contributed by atoms with Gasteiger partial charge in [-0.25, -0.2) is 9.97 Å². The van der Waals surface area contributed by atoms with E-state index in [9.17, 15) is 0 Å². The Morgan fingerprint density at radius 3 is 2.73 bits per heavy atom. The van der Waals surface area contributed by atoms with Gasteiger partial charge in [0, 0.05) is 36.9 Å². The van der Waals surface area contributed by atoms with Crippen LogP contribution in [0.3, 0.4) is 0 Å². The Balaban J connectivity index is 1.45. The van der Waals surface area contributed by atoms with Crippen LogP contribution in [0.15, 0.2) is 61.1 Å². The van der Waals surface area contributed by atoms with Gasteiger partial charge in [0.25, 0.3) is 0 Å². The van der Waals surface area contributed by atoms with Gasteiger partial charge in [-0.2, -0.15) is 0 Å². The molecule has 5 heteroatoms. The smallest absolute Gasteiger partial charge is 0.137 e. The minimum Gasteiger partial charge on any atom is -0.366 e. The molecule has 130 valence electrons. The molecule has 0 atom stereocenters. The normalized spacial score (nSPS) is 11.0. The number of anilines is 1. The van der Waals surface area contributed by atoms with Crippen LogP contribution in [-0.2, 0) is 13.0 Å². The van der Waals surface area contributed by atoms with Crippen LogP contribution < -0.4 is 5.32 Å². The molecule has 0 bridgehead atoms. The number of fused-ring (bicyclic) bond motifs is 1. The van der Waals surface area contributed by atoms with Crippen molar-refractivity contribution in [3.63, 3.8) is 0 Å². The molecule has 0 radical (unpaired) electrons. The summed E-state index contributed by atoms with van der Waals surface area (Å²) >= 11 is 6.07. The van der Waals surface area contributed by atoms with Crippen LogP contribution in [-0.4, -0.2) is 15.0 Å². The van der Waals surface area contributed by atoms with E-state index in [4.69, 9.17) is 11.6 Å². The first-order chi connectivity index (χ1) is 12.7. The summed E-state index contributed by atoms with van der Waals surface area (Å²) in [6.07, 6.45) is 6.34. The third-order valence-corrected chi connectivity index (χ3v) is 4.73. The van der Waals surface area contributed by atoms with Crippen LogP contribution in [0.25, 0.3) is 11.0 Å². The molecule has 0 fully saturated rings. The minimum absolute atomic E-state index is 0.646. The van der Waals surface area contributed by atoms with Gasteiger partial charge in [-0.05, 0) is 41.3 Å². The van der Waals surface area contributed by atoms with Gasteiger partial charge in [0.1, 0.15) is 11.5 Å². The van der Waals surface area contributed by atoms with E-state index < -0.39 is 0 Å². The molecule has 0 aliphatic rings. The van der Waals surface area contributed by atoms with Crippen molar-refractivity contribution in [1.29, 1.82) is 0 Å². The summed E-state index contributed by atoms with van der Waals surface area (Å²) < 4.78 is 0.